The average molecular weight is 434 g/mol. The third-order valence-corrected chi connectivity index (χ3v) is 7.05. The zero-order chi connectivity index (χ0) is 17.8. The largest absolute Gasteiger partial charge is 1.00 e. The van der Waals surface area contributed by atoms with Crippen LogP contribution in [0.15, 0.2) is 60.7 Å². The molecule has 0 amide bonds. The molecule has 0 aliphatic heterocycles. The number of allylic oxidation sites excluding steroid dienone is 1. The summed E-state index contributed by atoms with van der Waals surface area (Å²) in [5, 5.41) is -2.34. The summed E-state index contributed by atoms with van der Waals surface area (Å²) in [6.07, 6.45) is 2.14. The van der Waals surface area contributed by atoms with Gasteiger partial charge >= 0.3 is 88.7 Å². The third kappa shape index (κ3) is 10.4. The maximum atomic E-state index is 11.0. The smallest absolute Gasteiger partial charge is 0.810 e. The molecular formula is C16H15Na3O6P2. The minimum absolute atomic E-state index is 0. The average Bonchev–Trinajstić information content (AvgIpc) is 2.50. The van der Waals surface area contributed by atoms with E-state index in [2.05, 4.69) is 0 Å². The van der Waals surface area contributed by atoms with Gasteiger partial charge in [0, 0.05) is 0 Å². The van der Waals surface area contributed by atoms with Gasteiger partial charge in [-0.2, -0.15) is 0 Å². The summed E-state index contributed by atoms with van der Waals surface area (Å²) >= 11 is 0. The van der Waals surface area contributed by atoms with Crippen molar-refractivity contribution in [2.24, 2.45) is 0 Å². The first kappa shape index (κ1) is 30.7. The summed E-state index contributed by atoms with van der Waals surface area (Å²) in [6, 6.07) is 17.0. The summed E-state index contributed by atoms with van der Waals surface area (Å²) in [4.78, 5) is 41.7. The molecule has 128 valence electrons. The van der Waals surface area contributed by atoms with Crippen molar-refractivity contribution in [1.82, 2.24) is 0 Å². The fourth-order valence-electron chi connectivity index (χ4n) is 2.18. The third-order valence-electron chi connectivity index (χ3n) is 3.42. The molecule has 6 nitrogen and oxygen atoms in total. The van der Waals surface area contributed by atoms with E-state index in [0.29, 0.717) is 5.56 Å². The summed E-state index contributed by atoms with van der Waals surface area (Å²) in [5.41, 5.74) is 2.74. The van der Waals surface area contributed by atoms with Crippen molar-refractivity contribution in [3.8, 4) is 11.1 Å². The molecule has 2 atom stereocenters. The maximum Gasteiger partial charge on any atom is 1.00 e. The summed E-state index contributed by atoms with van der Waals surface area (Å²) in [6.45, 7) is 0. The van der Waals surface area contributed by atoms with Gasteiger partial charge in [0.15, 0.2) is 0 Å². The standard InChI is InChI=1S/C16H18O6P2.3Na/c17-23(18,19)16(24(20,21)22)8-4-5-13-9-11-15(12-10-13)14-6-2-1-3-7-14;;;/h1-7,9-12,16H,8H2,(H2,17,18,19)(H2,20,21,22);;;/q;3*+1/p-3/b5-4+;;;. The Morgan fingerprint density at radius 2 is 1.33 bits per heavy atom. The van der Waals surface area contributed by atoms with Crippen molar-refractivity contribution in [2.45, 2.75) is 11.8 Å². The van der Waals surface area contributed by atoms with Gasteiger partial charge in [0.05, 0.1) is 5.40 Å². The molecule has 0 aliphatic carbocycles. The summed E-state index contributed by atoms with van der Waals surface area (Å²) in [5.74, 6) is 0. The second-order valence-electron chi connectivity index (χ2n) is 5.21. The zero-order valence-corrected chi connectivity index (χ0v) is 23.3. The van der Waals surface area contributed by atoms with Crippen LogP contribution in [-0.2, 0) is 9.13 Å². The van der Waals surface area contributed by atoms with Crippen molar-refractivity contribution < 1.29 is 117 Å². The van der Waals surface area contributed by atoms with Crippen LogP contribution in [0.2, 0.25) is 0 Å². The molecular weight excluding hydrogens is 419 g/mol. The first-order valence-electron chi connectivity index (χ1n) is 7.05. The molecule has 0 aromatic heterocycles. The van der Waals surface area contributed by atoms with Crippen molar-refractivity contribution >= 4 is 21.3 Å². The molecule has 0 radical (unpaired) electrons. The minimum atomic E-state index is -5.44. The predicted molar refractivity (Wildman–Crippen MR) is 86.7 cm³/mol. The van der Waals surface area contributed by atoms with E-state index >= 15 is 0 Å². The van der Waals surface area contributed by atoms with Crippen LogP contribution in [-0.4, -0.2) is 10.3 Å². The van der Waals surface area contributed by atoms with E-state index < -0.39 is 27.0 Å². The molecule has 0 spiro atoms. The number of benzene rings is 2. The van der Waals surface area contributed by atoms with Gasteiger partial charge in [-0.1, -0.05) is 74.3 Å². The van der Waals surface area contributed by atoms with Gasteiger partial charge in [0.1, 0.15) is 7.60 Å². The van der Waals surface area contributed by atoms with Crippen molar-refractivity contribution in [3.05, 3.63) is 66.2 Å². The van der Waals surface area contributed by atoms with Crippen molar-refractivity contribution in [3.63, 3.8) is 0 Å². The summed E-state index contributed by atoms with van der Waals surface area (Å²) in [7, 11) is -10.7. The van der Waals surface area contributed by atoms with Gasteiger partial charge in [-0.3, -0.25) is 0 Å². The zero-order valence-electron chi connectivity index (χ0n) is 15.5. The molecule has 2 rings (SSSR count). The van der Waals surface area contributed by atoms with Crippen LogP contribution in [0.3, 0.4) is 0 Å². The molecule has 0 heterocycles. The molecule has 2 unspecified atom stereocenters. The fraction of sp³-hybridized carbons (Fsp3) is 0.125. The first-order chi connectivity index (χ1) is 11.2. The van der Waals surface area contributed by atoms with Gasteiger partial charge in [-0.25, -0.2) is 0 Å². The molecule has 0 saturated heterocycles. The van der Waals surface area contributed by atoms with E-state index in [1.165, 1.54) is 12.2 Å². The Morgan fingerprint density at radius 1 is 0.852 bits per heavy atom. The Kier molecular flexibility index (Phi) is 15.6. The second-order valence-corrected chi connectivity index (χ2v) is 9.07. The van der Waals surface area contributed by atoms with Crippen LogP contribution in [0, 0.1) is 0 Å². The maximum absolute atomic E-state index is 11.0. The molecule has 0 fully saturated rings. The number of rotatable bonds is 6. The van der Waals surface area contributed by atoms with Crippen LogP contribution < -0.4 is 103 Å². The fourth-order valence-corrected chi connectivity index (χ4v) is 4.38. The minimum Gasteiger partial charge on any atom is -0.810 e. The second kappa shape index (κ2) is 13.7. The van der Waals surface area contributed by atoms with E-state index in [0.717, 1.165) is 11.1 Å². The van der Waals surface area contributed by atoms with E-state index in [1.807, 2.05) is 42.5 Å². The normalized spacial score (nSPS) is 14.2. The van der Waals surface area contributed by atoms with Crippen LogP contribution in [0.4, 0.5) is 0 Å². The molecule has 27 heavy (non-hydrogen) atoms. The Balaban J connectivity index is 0. The van der Waals surface area contributed by atoms with Crippen molar-refractivity contribution in [2.75, 3.05) is 0 Å². The van der Waals surface area contributed by atoms with Crippen LogP contribution in [0.5, 0.6) is 0 Å². The molecule has 1 N–H and O–H groups in total. The molecule has 2 aromatic rings. The Bertz CT molecular complexity index is 781. The molecule has 0 aliphatic rings. The quantitative estimate of drug-likeness (QED) is 0.356. The number of hydrogen-bond acceptors (Lipinski definition) is 5. The summed E-state index contributed by atoms with van der Waals surface area (Å²) < 4.78 is 21.9. The Morgan fingerprint density at radius 3 is 1.78 bits per heavy atom. The van der Waals surface area contributed by atoms with Crippen LogP contribution in [0.25, 0.3) is 17.2 Å². The molecule has 11 heteroatoms. The van der Waals surface area contributed by atoms with Crippen molar-refractivity contribution in [1.29, 1.82) is 0 Å². The molecule has 0 saturated carbocycles. The van der Waals surface area contributed by atoms with Gasteiger partial charge in [0.2, 0.25) is 0 Å². The van der Waals surface area contributed by atoms with Gasteiger partial charge in [-0.05, 0) is 23.1 Å². The van der Waals surface area contributed by atoms with Gasteiger partial charge < -0.3 is 28.7 Å². The van der Waals surface area contributed by atoms with Gasteiger partial charge in [-0.15, -0.1) is 0 Å². The first-order valence-corrected chi connectivity index (χ1v) is 10.3. The predicted octanol–water partition coefficient (Wildman–Crippen LogP) is -7.45. The monoisotopic (exact) mass is 434 g/mol. The van der Waals surface area contributed by atoms with E-state index in [4.69, 9.17) is 4.89 Å². The van der Waals surface area contributed by atoms with Gasteiger partial charge in [0.25, 0.3) is 0 Å². The van der Waals surface area contributed by atoms with E-state index in [-0.39, 0.29) is 88.7 Å². The number of hydrogen-bond donors (Lipinski definition) is 1. The van der Waals surface area contributed by atoms with Crippen LogP contribution >= 0.6 is 15.2 Å². The molecule has 0 bridgehead atoms. The molecule has 2 aromatic carbocycles. The Hall–Kier alpha value is 1.48. The Labute approximate surface area is 225 Å². The van der Waals surface area contributed by atoms with E-state index in [9.17, 15) is 23.8 Å². The SMILES string of the molecule is O=P([O-])([O-])C(C/C=C/c1ccc(-c2ccccc2)cc1)P(=O)([O-])O.[Na+].[Na+].[Na+]. The topological polar surface area (TPSA) is 124 Å². The van der Waals surface area contributed by atoms with Crippen LogP contribution in [0.1, 0.15) is 12.0 Å². The van der Waals surface area contributed by atoms with E-state index in [1.54, 1.807) is 12.1 Å².